The second-order valence-electron chi connectivity index (χ2n) is 7.61. The average molecular weight is 423 g/mol. The van der Waals surface area contributed by atoms with Crippen LogP contribution in [-0.4, -0.2) is 32.1 Å². The number of nitrogens with one attached hydrogen (secondary N) is 2. The molecule has 0 fully saturated rings. The summed E-state index contributed by atoms with van der Waals surface area (Å²) >= 11 is 0. The molecule has 31 heavy (non-hydrogen) atoms. The lowest BCUT2D eigenvalue weighted by molar-refractivity contribution is 0.0679. The van der Waals surface area contributed by atoms with Crippen molar-refractivity contribution in [2.24, 2.45) is 0 Å². The highest BCUT2D eigenvalue weighted by molar-refractivity contribution is 5.89. The molecule has 2 heterocycles. The number of aromatic amines is 2. The third kappa shape index (κ3) is 3.90. The highest BCUT2D eigenvalue weighted by Crippen LogP contribution is 2.39. The lowest BCUT2D eigenvalue weighted by Gasteiger charge is -2.20. The van der Waals surface area contributed by atoms with Gasteiger partial charge in [0.1, 0.15) is 11.4 Å². The zero-order valence-corrected chi connectivity index (χ0v) is 18.5. The van der Waals surface area contributed by atoms with E-state index in [4.69, 9.17) is 0 Å². The van der Waals surface area contributed by atoms with E-state index in [-0.39, 0.29) is 17.3 Å². The Morgan fingerprint density at radius 1 is 0.710 bits per heavy atom. The minimum absolute atomic E-state index is 0.217. The molecule has 6 nitrogen and oxygen atoms in total. The molecule has 0 saturated heterocycles. The van der Waals surface area contributed by atoms with Crippen molar-refractivity contribution in [1.29, 1.82) is 0 Å². The van der Waals surface area contributed by atoms with Gasteiger partial charge in [-0.3, -0.25) is 0 Å². The monoisotopic (exact) mass is 422 g/mol. The summed E-state index contributed by atoms with van der Waals surface area (Å²) in [6.45, 7) is 7.96. The first kappa shape index (κ1) is 22.4. The predicted octanol–water partition coefficient (Wildman–Crippen LogP) is 5.17. The van der Waals surface area contributed by atoms with Crippen molar-refractivity contribution in [1.82, 2.24) is 9.97 Å². The van der Waals surface area contributed by atoms with Crippen LogP contribution in [0, 0.1) is 0 Å². The van der Waals surface area contributed by atoms with Gasteiger partial charge in [0.25, 0.3) is 0 Å². The molecular formula is C25H30N2O4. The maximum absolute atomic E-state index is 12.0. The first-order chi connectivity index (χ1) is 14.9. The number of carboxylic acid groups (broad SMARTS) is 2. The number of rotatable bonds is 9. The largest absolute Gasteiger partial charge is 0.477 e. The molecule has 6 heteroatoms. The van der Waals surface area contributed by atoms with Crippen molar-refractivity contribution in [3.63, 3.8) is 0 Å². The third-order valence-electron chi connectivity index (χ3n) is 6.05. The molecule has 0 unspecified atom stereocenters. The second-order valence-corrected chi connectivity index (χ2v) is 7.61. The van der Waals surface area contributed by atoms with Crippen LogP contribution in [-0.2, 0) is 25.7 Å². The Kier molecular flexibility index (Phi) is 6.68. The maximum Gasteiger partial charge on any atom is 0.352 e. The van der Waals surface area contributed by atoms with Crippen LogP contribution in [0.1, 0.15) is 93.8 Å². The normalized spacial score (nSPS) is 11.3. The third-order valence-corrected chi connectivity index (χ3v) is 6.05. The Morgan fingerprint density at radius 2 is 1.10 bits per heavy atom. The average Bonchev–Trinajstić information content (AvgIpc) is 3.33. The van der Waals surface area contributed by atoms with Gasteiger partial charge in [0.2, 0.25) is 0 Å². The summed E-state index contributed by atoms with van der Waals surface area (Å²) in [6, 6.07) is 9.84. The number of aromatic carboxylic acids is 2. The predicted molar refractivity (Wildman–Crippen MR) is 120 cm³/mol. The number of H-pyrrole nitrogens is 2. The number of carbonyl (C=O) groups is 2. The molecule has 0 aliphatic rings. The highest BCUT2D eigenvalue weighted by atomic mass is 16.4. The fraction of sp³-hybridized carbons (Fsp3) is 0.360. The number of hydrogen-bond donors (Lipinski definition) is 4. The number of carboxylic acids is 2. The number of benzene rings is 1. The molecule has 1 aromatic carbocycles. The molecule has 0 amide bonds. The van der Waals surface area contributed by atoms with Gasteiger partial charge in [-0.05, 0) is 53.5 Å². The summed E-state index contributed by atoms with van der Waals surface area (Å²) in [5, 5.41) is 19.6. The van der Waals surface area contributed by atoms with Crippen LogP contribution in [0.5, 0.6) is 0 Å². The first-order valence-electron chi connectivity index (χ1n) is 10.9. The van der Waals surface area contributed by atoms with Gasteiger partial charge in [0.15, 0.2) is 0 Å². The van der Waals surface area contributed by atoms with Crippen LogP contribution in [0.3, 0.4) is 0 Å². The SMILES string of the molecule is CCc1c(C(=O)O)[nH]c(C(c2ccccc2)c2[nH]c(C(=O)O)c(CC)c2CC)c1CC. The molecule has 164 valence electrons. The van der Waals surface area contributed by atoms with Crippen molar-refractivity contribution in [3.8, 4) is 0 Å². The van der Waals surface area contributed by atoms with Gasteiger partial charge in [-0.25, -0.2) is 9.59 Å². The van der Waals surface area contributed by atoms with Crippen molar-refractivity contribution in [2.75, 3.05) is 0 Å². The van der Waals surface area contributed by atoms with Crippen molar-refractivity contribution >= 4 is 11.9 Å². The van der Waals surface area contributed by atoms with Crippen LogP contribution >= 0.6 is 0 Å². The summed E-state index contributed by atoms with van der Waals surface area (Å²) in [6.07, 6.45) is 2.57. The number of aromatic nitrogens is 2. The topological polar surface area (TPSA) is 106 Å². The molecule has 3 aromatic rings. The van der Waals surface area contributed by atoms with Gasteiger partial charge >= 0.3 is 11.9 Å². The fourth-order valence-electron chi connectivity index (χ4n) is 4.77. The quantitative estimate of drug-likeness (QED) is 0.382. The first-order valence-corrected chi connectivity index (χ1v) is 10.9. The molecule has 0 aliphatic carbocycles. The standard InChI is InChI=1S/C25H30N2O4/c1-5-15-17(7-3)22(24(28)29)26-20(15)19(14-12-10-9-11-13-14)21-16(6-2)18(8-4)23(27-21)25(30)31/h9-13,19,26-27H,5-8H2,1-4H3,(H,28,29)(H,30,31). The Morgan fingerprint density at radius 3 is 1.42 bits per heavy atom. The molecule has 0 aliphatic heterocycles. The lowest BCUT2D eigenvalue weighted by atomic mass is 9.85. The van der Waals surface area contributed by atoms with Gasteiger partial charge < -0.3 is 20.2 Å². The summed E-state index contributed by atoms with van der Waals surface area (Å²) < 4.78 is 0. The van der Waals surface area contributed by atoms with Crippen molar-refractivity contribution < 1.29 is 19.8 Å². The van der Waals surface area contributed by atoms with Gasteiger partial charge in [0.05, 0.1) is 5.92 Å². The van der Waals surface area contributed by atoms with Gasteiger partial charge in [-0.2, -0.15) is 0 Å². The number of hydrogen-bond acceptors (Lipinski definition) is 2. The Bertz CT molecular complexity index is 1020. The highest BCUT2D eigenvalue weighted by Gasteiger charge is 2.31. The minimum atomic E-state index is -0.979. The van der Waals surface area contributed by atoms with E-state index >= 15 is 0 Å². The van der Waals surface area contributed by atoms with E-state index in [1.165, 1.54) is 0 Å². The van der Waals surface area contributed by atoms with E-state index in [1.54, 1.807) is 0 Å². The Labute approximate surface area is 182 Å². The Balaban J connectivity index is 2.39. The smallest absolute Gasteiger partial charge is 0.352 e. The fourth-order valence-corrected chi connectivity index (χ4v) is 4.77. The maximum atomic E-state index is 12.0. The van der Waals surface area contributed by atoms with Crippen molar-refractivity contribution in [3.05, 3.63) is 80.9 Å². The summed E-state index contributed by atoms with van der Waals surface area (Å²) in [5.41, 5.74) is 6.64. The molecule has 4 N–H and O–H groups in total. The van der Waals surface area contributed by atoms with E-state index in [0.29, 0.717) is 25.7 Å². The van der Waals surface area contributed by atoms with E-state index in [0.717, 1.165) is 39.2 Å². The molecule has 0 saturated carbocycles. The molecule has 2 aromatic heterocycles. The van der Waals surface area contributed by atoms with Crippen molar-refractivity contribution in [2.45, 2.75) is 59.3 Å². The summed E-state index contributed by atoms with van der Waals surface area (Å²) in [5.74, 6) is -2.28. The molecule has 0 spiro atoms. The Hall–Kier alpha value is -3.28. The zero-order chi connectivity index (χ0) is 22.7. The van der Waals surface area contributed by atoms with E-state index in [1.807, 2.05) is 58.0 Å². The van der Waals surface area contributed by atoms with Crippen LogP contribution in [0.4, 0.5) is 0 Å². The van der Waals surface area contributed by atoms with Gasteiger partial charge in [0, 0.05) is 11.4 Å². The van der Waals surface area contributed by atoms with Gasteiger partial charge in [-0.15, -0.1) is 0 Å². The van der Waals surface area contributed by atoms with Crippen LogP contribution in [0.15, 0.2) is 30.3 Å². The lowest BCUT2D eigenvalue weighted by Crippen LogP contribution is -2.10. The van der Waals surface area contributed by atoms with Crippen LogP contribution in [0.25, 0.3) is 0 Å². The summed E-state index contributed by atoms with van der Waals surface area (Å²) in [4.78, 5) is 30.3. The zero-order valence-electron chi connectivity index (χ0n) is 18.5. The molecule has 0 bridgehead atoms. The van der Waals surface area contributed by atoms with E-state index in [2.05, 4.69) is 9.97 Å². The van der Waals surface area contributed by atoms with Crippen LogP contribution < -0.4 is 0 Å². The molecule has 0 radical (unpaired) electrons. The molecule has 0 atom stereocenters. The summed E-state index contributed by atoms with van der Waals surface area (Å²) in [7, 11) is 0. The van der Waals surface area contributed by atoms with Gasteiger partial charge in [-0.1, -0.05) is 58.0 Å². The van der Waals surface area contributed by atoms with E-state index in [9.17, 15) is 19.8 Å². The van der Waals surface area contributed by atoms with E-state index < -0.39 is 11.9 Å². The minimum Gasteiger partial charge on any atom is -0.477 e. The second kappa shape index (κ2) is 9.25. The van der Waals surface area contributed by atoms with Crippen LogP contribution in [0.2, 0.25) is 0 Å². The molecule has 3 rings (SSSR count). The molecular weight excluding hydrogens is 392 g/mol.